The summed E-state index contributed by atoms with van der Waals surface area (Å²) in [5.74, 6) is 0.596. The van der Waals surface area contributed by atoms with Gasteiger partial charge >= 0.3 is 0 Å². The minimum atomic E-state index is -2.88. The number of sulfone groups is 1. The highest BCUT2D eigenvalue weighted by molar-refractivity contribution is 7.91. The molecule has 0 radical (unpaired) electrons. The van der Waals surface area contributed by atoms with Gasteiger partial charge in [-0.05, 0) is 6.92 Å². The molecule has 1 aromatic heterocycles. The van der Waals surface area contributed by atoms with Crippen LogP contribution in [0.1, 0.15) is 6.92 Å². The monoisotopic (exact) mass is 248 g/mol. The smallest absolute Gasteiger partial charge is 0.233 e. The number of anilines is 2. The van der Waals surface area contributed by atoms with Gasteiger partial charge in [0.1, 0.15) is 0 Å². The van der Waals surface area contributed by atoms with Crippen molar-refractivity contribution >= 4 is 32.4 Å². The number of nitrogen functional groups attached to an aromatic ring is 1. The molecule has 1 aliphatic heterocycles. The van der Waals surface area contributed by atoms with Crippen molar-refractivity contribution in [3.8, 4) is 0 Å². The van der Waals surface area contributed by atoms with Gasteiger partial charge in [0.05, 0.1) is 11.5 Å². The summed E-state index contributed by atoms with van der Waals surface area (Å²) in [6.07, 6.45) is 0. The Morgan fingerprint density at radius 1 is 1.60 bits per heavy atom. The van der Waals surface area contributed by atoms with Crippen LogP contribution in [0.25, 0.3) is 0 Å². The summed E-state index contributed by atoms with van der Waals surface area (Å²) in [4.78, 5) is 5.99. The van der Waals surface area contributed by atoms with Gasteiger partial charge in [0.25, 0.3) is 0 Å². The molecule has 0 spiro atoms. The van der Waals surface area contributed by atoms with Crippen molar-refractivity contribution < 1.29 is 8.42 Å². The number of rotatable bonds is 1. The fourth-order valence-electron chi connectivity index (χ4n) is 1.63. The van der Waals surface area contributed by atoms with Crippen molar-refractivity contribution in [2.24, 2.45) is 0 Å². The number of hydrogen-bond donors (Lipinski definition) is 1. The van der Waals surface area contributed by atoms with Crippen LogP contribution in [0.15, 0.2) is 0 Å². The standard InChI is InChI=1S/C7H12N4O2S2/c1-5-4-15(12,13)3-2-11(5)7-9-6(8)10-14-7/h5H,2-4H2,1H3,(H2,8,10). The second kappa shape index (κ2) is 3.60. The second-order valence-electron chi connectivity index (χ2n) is 3.59. The first kappa shape index (κ1) is 10.6. The molecule has 1 atom stereocenters. The Hall–Kier alpha value is -0.890. The number of nitrogens with two attached hydrogens (primary N) is 1. The van der Waals surface area contributed by atoms with Crippen molar-refractivity contribution in [2.75, 3.05) is 28.7 Å². The predicted octanol–water partition coefficient (Wildman–Crippen LogP) is -0.256. The van der Waals surface area contributed by atoms with Crippen LogP contribution in [0.2, 0.25) is 0 Å². The van der Waals surface area contributed by atoms with Gasteiger partial charge in [0.15, 0.2) is 9.84 Å². The molecular weight excluding hydrogens is 236 g/mol. The third kappa shape index (κ3) is 2.20. The van der Waals surface area contributed by atoms with E-state index in [9.17, 15) is 8.42 Å². The van der Waals surface area contributed by atoms with Gasteiger partial charge in [-0.3, -0.25) is 0 Å². The molecule has 6 nitrogen and oxygen atoms in total. The lowest BCUT2D eigenvalue weighted by atomic mass is 10.3. The summed E-state index contributed by atoms with van der Waals surface area (Å²) in [6.45, 7) is 2.34. The van der Waals surface area contributed by atoms with Gasteiger partial charge in [-0.2, -0.15) is 9.36 Å². The van der Waals surface area contributed by atoms with E-state index in [0.717, 1.165) is 0 Å². The third-order valence-corrected chi connectivity index (χ3v) is 4.91. The molecule has 84 valence electrons. The van der Waals surface area contributed by atoms with Gasteiger partial charge < -0.3 is 10.6 Å². The van der Waals surface area contributed by atoms with E-state index in [4.69, 9.17) is 5.73 Å². The summed E-state index contributed by atoms with van der Waals surface area (Å²) >= 11 is 1.20. The Morgan fingerprint density at radius 3 is 2.87 bits per heavy atom. The summed E-state index contributed by atoms with van der Waals surface area (Å²) in [6, 6.07) is -0.0592. The Bertz CT molecular complexity index is 455. The first-order valence-electron chi connectivity index (χ1n) is 4.54. The summed E-state index contributed by atoms with van der Waals surface area (Å²) in [5, 5.41) is 0.704. The summed E-state index contributed by atoms with van der Waals surface area (Å²) < 4.78 is 26.6. The van der Waals surface area contributed by atoms with E-state index in [1.807, 2.05) is 11.8 Å². The molecule has 0 bridgehead atoms. The lowest BCUT2D eigenvalue weighted by Gasteiger charge is -2.32. The molecule has 0 saturated carbocycles. The van der Waals surface area contributed by atoms with Crippen LogP contribution < -0.4 is 10.6 Å². The van der Waals surface area contributed by atoms with Crippen LogP contribution in [-0.2, 0) is 9.84 Å². The average Bonchev–Trinajstić information content (AvgIpc) is 2.50. The average molecular weight is 248 g/mol. The van der Waals surface area contributed by atoms with Gasteiger partial charge in [-0.25, -0.2) is 8.42 Å². The van der Waals surface area contributed by atoms with Crippen LogP contribution in [0.3, 0.4) is 0 Å². The summed E-state index contributed by atoms with van der Waals surface area (Å²) in [5.41, 5.74) is 5.43. The number of hydrogen-bond acceptors (Lipinski definition) is 7. The minimum Gasteiger partial charge on any atom is -0.367 e. The topological polar surface area (TPSA) is 89.2 Å². The zero-order valence-electron chi connectivity index (χ0n) is 8.25. The van der Waals surface area contributed by atoms with E-state index >= 15 is 0 Å². The molecule has 2 heterocycles. The van der Waals surface area contributed by atoms with Crippen molar-refractivity contribution in [1.29, 1.82) is 0 Å². The van der Waals surface area contributed by atoms with Crippen molar-refractivity contribution in [1.82, 2.24) is 9.36 Å². The van der Waals surface area contributed by atoms with Crippen LogP contribution >= 0.6 is 11.5 Å². The van der Waals surface area contributed by atoms with Crippen molar-refractivity contribution in [2.45, 2.75) is 13.0 Å². The predicted molar refractivity (Wildman–Crippen MR) is 59.8 cm³/mol. The molecule has 1 fully saturated rings. The van der Waals surface area contributed by atoms with Gasteiger partial charge in [0.2, 0.25) is 11.1 Å². The molecule has 1 unspecified atom stereocenters. The van der Waals surface area contributed by atoms with Gasteiger partial charge in [0, 0.05) is 24.1 Å². The molecule has 0 amide bonds. The van der Waals surface area contributed by atoms with Crippen LogP contribution in [0, 0.1) is 0 Å². The Balaban J connectivity index is 2.19. The number of nitrogens with zero attached hydrogens (tertiary/aromatic N) is 3. The zero-order chi connectivity index (χ0) is 11.1. The number of aromatic nitrogens is 2. The molecule has 0 aliphatic carbocycles. The minimum absolute atomic E-state index is 0.0592. The molecular formula is C7H12N4O2S2. The van der Waals surface area contributed by atoms with Gasteiger partial charge in [-0.1, -0.05) is 0 Å². The molecule has 1 aliphatic rings. The van der Waals surface area contributed by atoms with Crippen molar-refractivity contribution in [3.05, 3.63) is 0 Å². The maximum Gasteiger partial charge on any atom is 0.233 e. The van der Waals surface area contributed by atoms with E-state index in [2.05, 4.69) is 9.36 Å². The molecule has 1 aromatic rings. The first-order valence-corrected chi connectivity index (χ1v) is 7.14. The molecule has 2 N–H and O–H groups in total. The van der Waals surface area contributed by atoms with E-state index < -0.39 is 9.84 Å². The third-order valence-electron chi connectivity index (χ3n) is 2.35. The largest absolute Gasteiger partial charge is 0.367 e. The molecule has 2 rings (SSSR count). The highest BCUT2D eigenvalue weighted by Gasteiger charge is 2.29. The highest BCUT2D eigenvalue weighted by atomic mass is 32.2. The Morgan fingerprint density at radius 2 is 2.33 bits per heavy atom. The van der Waals surface area contributed by atoms with Gasteiger partial charge in [-0.15, -0.1) is 0 Å². The Kier molecular flexibility index (Phi) is 2.55. The highest BCUT2D eigenvalue weighted by Crippen LogP contribution is 2.23. The molecule has 0 aromatic carbocycles. The molecule has 15 heavy (non-hydrogen) atoms. The fourth-order valence-corrected chi connectivity index (χ4v) is 3.91. The molecule has 1 saturated heterocycles. The summed E-state index contributed by atoms with van der Waals surface area (Å²) in [7, 11) is -2.88. The molecule has 8 heteroatoms. The lowest BCUT2D eigenvalue weighted by molar-refractivity contribution is 0.568. The fraction of sp³-hybridized carbons (Fsp3) is 0.714. The lowest BCUT2D eigenvalue weighted by Crippen LogP contribution is -2.46. The van der Waals surface area contributed by atoms with E-state index in [-0.39, 0.29) is 23.5 Å². The Labute approximate surface area is 92.2 Å². The maximum absolute atomic E-state index is 11.4. The quantitative estimate of drug-likeness (QED) is 0.736. The van der Waals surface area contributed by atoms with E-state index in [0.29, 0.717) is 11.7 Å². The SMILES string of the molecule is CC1CS(=O)(=O)CCN1c1nc(N)ns1. The normalized spacial score (nSPS) is 25.4. The maximum atomic E-state index is 11.4. The van der Waals surface area contributed by atoms with E-state index in [1.165, 1.54) is 11.5 Å². The van der Waals surface area contributed by atoms with Crippen LogP contribution in [-0.4, -0.2) is 41.9 Å². The zero-order valence-corrected chi connectivity index (χ0v) is 9.88. The van der Waals surface area contributed by atoms with Crippen molar-refractivity contribution in [3.63, 3.8) is 0 Å². The first-order chi connectivity index (χ1) is 6.98. The van der Waals surface area contributed by atoms with Crippen LogP contribution in [0.5, 0.6) is 0 Å². The second-order valence-corrected chi connectivity index (χ2v) is 6.55. The van der Waals surface area contributed by atoms with E-state index in [1.54, 1.807) is 0 Å². The van der Waals surface area contributed by atoms with Crippen LogP contribution in [0.4, 0.5) is 11.1 Å².